The van der Waals surface area contributed by atoms with Crippen molar-refractivity contribution in [3.63, 3.8) is 0 Å². The summed E-state index contributed by atoms with van der Waals surface area (Å²) < 4.78 is 2.44. The predicted molar refractivity (Wildman–Crippen MR) is 139 cm³/mol. The van der Waals surface area contributed by atoms with Gasteiger partial charge in [-0.05, 0) is 24.6 Å². The van der Waals surface area contributed by atoms with E-state index in [1.165, 1.54) is 5.69 Å². The molecular weight excluding hydrogens is 426 g/mol. The quantitative estimate of drug-likeness (QED) is 0.243. The summed E-state index contributed by atoms with van der Waals surface area (Å²) in [6, 6.07) is 29.3. The van der Waals surface area contributed by atoms with Crippen molar-refractivity contribution >= 4 is 11.6 Å². The number of halogens is 1. The van der Waals surface area contributed by atoms with Gasteiger partial charge in [0.05, 0.1) is 11.4 Å². The van der Waals surface area contributed by atoms with E-state index in [0.29, 0.717) is 0 Å². The Kier molecular flexibility index (Phi) is 7.98. The lowest BCUT2D eigenvalue weighted by Crippen LogP contribution is -2.24. The van der Waals surface area contributed by atoms with E-state index in [0.717, 1.165) is 72.3 Å². The van der Waals surface area contributed by atoms with Gasteiger partial charge in [0.25, 0.3) is 0 Å². The fourth-order valence-electron chi connectivity index (χ4n) is 4.20. The van der Waals surface area contributed by atoms with E-state index in [-0.39, 0.29) is 0 Å². The zero-order valence-corrected chi connectivity index (χ0v) is 20.3. The van der Waals surface area contributed by atoms with Crippen LogP contribution in [0.3, 0.4) is 0 Å². The Morgan fingerprint density at radius 1 is 0.788 bits per heavy atom. The van der Waals surface area contributed by atoms with Gasteiger partial charge in [-0.3, -0.25) is 4.90 Å². The molecule has 4 aromatic rings. The molecule has 0 fully saturated rings. The number of hydrogen-bond acceptors (Lipinski definition) is 2. The minimum atomic E-state index is 0.810. The molecule has 0 N–H and O–H groups in total. The summed E-state index contributed by atoms with van der Waals surface area (Å²) in [5, 5.41) is 0.823. The molecule has 0 spiro atoms. The molecule has 0 amide bonds. The Labute approximate surface area is 202 Å². The lowest BCUT2D eigenvalue weighted by atomic mass is 10.1. The molecule has 170 valence electrons. The summed E-state index contributed by atoms with van der Waals surface area (Å²) >= 11 is 6.50. The summed E-state index contributed by atoms with van der Waals surface area (Å²) in [5.41, 5.74) is 5.82. The zero-order valence-electron chi connectivity index (χ0n) is 19.5. The Morgan fingerprint density at radius 2 is 1.42 bits per heavy atom. The molecule has 0 unspecified atom stereocenters. The van der Waals surface area contributed by atoms with Gasteiger partial charge in [-0.25, -0.2) is 4.98 Å². The number of unbranched alkanes of at least 4 members (excludes halogenated alkanes) is 1. The van der Waals surface area contributed by atoms with E-state index in [2.05, 4.69) is 96.1 Å². The van der Waals surface area contributed by atoms with Gasteiger partial charge < -0.3 is 4.57 Å². The number of benzene rings is 3. The van der Waals surface area contributed by atoms with Gasteiger partial charge in [0, 0.05) is 35.8 Å². The number of hydrogen-bond donors (Lipinski definition) is 0. The van der Waals surface area contributed by atoms with Crippen molar-refractivity contribution in [3.05, 3.63) is 101 Å². The summed E-state index contributed by atoms with van der Waals surface area (Å²) in [7, 11) is 0. The Morgan fingerprint density at radius 3 is 2.06 bits per heavy atom. The van der Waals surface area contributed by atoms with Gasteiger partial charge >= 0.3 is 0 Å². The largest absolute Gasteiger partial charge is 0.326 e. The number of aromatic nitrogens is 2. The van der Waals surface area contributed by atoms with Crippen LogP contribution in [0, 0.1) is 0 Å². The monoisotopic (exact) mass is 457 g/mol. The third kappa shape index (κ3) is 5.55. The average molecular weight is 458 g/mol. The van der Waals surface area contributed by atoms with Crippen molar-refractivity contribution < 1.29 is 0 Å². The molecular formula is C29H32ClN3. The normalized spacial score (nSPS) is 11.3. The maximum Gasteiger partial charge on any atom is 0.140 e. The molecule has 1 heterocycles. The lowest BCUT2D eigenvalue weighted by molar-refractivity contribution is 0.264. The van der Waals surface area contributed by atoms with Gasteiger partial charge in [0.15, 0.2) is 0 Å². The first-order valence-electron chi connectivity index (χ1n) is 11.9. The van der Waals surface area contributed by atoms with Crippen molar-refractivity contribution in [2.24, 2.45) is 0 Å². The van der Waals surface area contributed by atoms with Crippen molar-refractivity contribution in [2.45, 2.75) is 46.3 Å². The van der Waals surface area contributed by atoms with Gasteiger partial charge in [-0.15, -0.1) is 0 Å². The standard InChI is InChI=1S/C29H32ClN3/c1-3-5-20-33-27(22-32(4-2)21-25-18-12-13-19-26(25)30)28(23-14-8-6-9-15-23)31-29(33)24-16-10-7-11-17-24/h6-19H,3-5,20-22H2,1-2H3. The molecule has 0 saturated carbocycles. The van der Waals surface area contributed by atoms with Gasteiger partial charge in [-0.1, -0.05) is 111 Å². The van der Waals surface area contributed by atoms with Gasteiger partial charge in [0.2, 0.25) is 0 Å². The third-order valence-corrected chi connectivity index (χ3v) is 6.43. The van der Waals surface area contributed by atoms with E-state index >= 15 is 0 Å². The Balaban J connectivity index is 1.79. The second kappa shape index (κ2) is 11.3. The van der Waals surface area contributed by atoms with Crippen molar-refractivity contribution in [1.29, 1.82) is 0 Å². The molecule has 0 saturated heterocycles. The Hall–Kier alpha value is -2.88. The highest BCUT2D eigenvalue weighted by atomic mass is 35.5. The van der Waals surface area contributed by atoms with Crippen molar-refractivity contribution in [2.75, 3.05) is 6.54 Å². The topological polar surface area (TPSA) is 21.1 Å². The average Bonchev–Trinajstić information content (AvgIpc) is 3.22. The van der Waals surface area contributed by atoms with Crippen LogP contribution in [0.4, 0.5) is 0 Å². The highest BCUT2D eigenvalue weighted by Gasteiger charge is 2.21. The molecule has 0 bridgehead atoms. The third-order valence-electron chi connectivity index (χ3n) is 6.06. The van der Waals surface area contributed by atoms with Crippen LogP contribution < -0.4 is 0 Å². The predicted octanol–water partition coefficient (Wildman–Crippen LogP) is 7.69. The highest BCUT2D eigenvalue weighted by molar-refractivity contribution is 6.31. The molecule has 1 aromatic heterocycles. The molecule has 0 aliphatic carbocycles. The molecule has 0 radical (unpaired) electrons. The van der Waals surface area contributed by atoms with E-state index < -0.39 is 0 Å². The first-order valence-corrected chi connectivity index (χ1v) is 12.2. The zero-order chi connectivity index (χ0) is 23.0. The molecule has 33 heavy (non-hydrogen) atoms. The van der Waals surface area contributed by atoms with Crippen molar-refractivity contribution in [3.8, 4) is 22.6 Å². The SMILES string of the molecule is CCCCn1c(-c2ccccc2)nc(-c2ccccc2)c1CN(CC)Cc1ccccc1Cl. The smallest absolute Gasteiger partial charge is 0.140 e. The Bertz CT molecular complexity index is 1150. The molecule has 4 rings (SSSR count). The minimum Gasteiger partial charge on any atom is -0.326 e. The lowest BCUT2D eigenvalue weighted by Gasteiger charge is -2.23. The van der Waals surface area contributed by atoms with Crippen LogP contribution in [0.1, 0.15) is 37.9 Å². The molecule has 0 atom stereocenters. The maximum absolute atomic E-state index is 6.50. The van der Waals surface area contributed by atoms with E-state index in [1.807, 2.05) is 12.1 Å². The first-order chi connectivity index (χ1) is 16.2. The van der Waals surface area contributed by atoms with Gasteiger partial charge in [-0.2, -0.15) is 0 Å². The summed E-state index contributed by atoms with van der Waals surface area (Å²) in [6.45, 7) is 7.97. The van der Waals surface area contributed by atoms with Crippen LogP contribution in [-0.2, 0) is 19.6 Å². The van der Waals surface area contributed by atoms with E-state index in [9.17, 15) is 0 Å². The molecule has 3 aromatic carbocycles. The highest BCUT2D eigenvalue weighted by Crippen LogP contribution is 2.31. The summed E-state index contributed by atoms with van der Waals surface area (Å²) in [6.07, 6.45) is 2.26. The van der Waals surface area contributed by atoms with E-state index in [1.54, 1.807) is 0 Å². The van der Waals surface area contributed by atoms with E-state index in [4.69, 9.17) is 16.6 Å². The van der Waals surface area contributed by atoms with Crippen LogP contribution >= 0.6 is 11.6 Å². The second-order valence-electron chi connectivity index (χ2n) is 8.36. The van der Waals surface area contributed by atoms with Crippen LogP contribution in [0.15, 0.2) is 84.9 Å². The fourth-order valence-corrected chi connectivity index (χ4v) is 4.39. The van der Waals surface area contributed by atoms with Crippen LogP contribution in [0.5, 0.6) is 0 Å². The summed E-state index contributed by atoms with van der Waals surface area (Å²) in [4.78, 5) is 7.67. The van der Waals surface area contributed by atoms with Gasteiger partial charge in [0.1, 0.15) is 5.82 Å². The first kappa shape index (κ1) is 23.3. The maximum atomic E-state index is 6.50. The van der Waals surface area contributed by atoms with Crippen LogP contribution in [0.2, 0.25) is 5.02 Å². The fraction of sp³-hybridized carbons (Fsp3) is 0.276. The molecule has 4 heteroatoms. The summed E-state index contributed by atoms with van der Waals surface area (Å²) in [5.74, 6) is 1.05. The number of nitrogens with zero attached hydrogens (tertiary/aromatic N) is 3. The minimum absolute atomic E-state index is 0.810. The molecule has 0 aliphatic heterocycles. The van der Waals surface area contributed by atoms with Crippen LogP contribution in [-0.4, -0.2) is 21.0 Å². The second-order valence-corrected chi connectivity index (χ2v) is 8.77. The molecule has 0 aliphatic rings. The molecule has 3 nitrogen and oxygen atoms in total. The number of rotatable bonds is 10. The van der Waals surface area contributed by atoms with Crippen molar-refractivity contribution in [1.82, 2.24) is 14.5 Å². The van der Waals surface area contributed by atoms with Crippen LogP contribution in [0.25, 0.3) is 22.6 Å². The number of imidazole rings is 1.